The summed E-state index contributed by atoms with van der Waals surface area (Å²) in [5, 5.41) is 2.92. The molecular weight excluding hydrogens is 865 g/mol. The van der Waals surface area contributed by atoms with Crippen molar-refractivity contribution < 1.29 is 35.4 Å². The number of hydrogen-bond donors (Lipinski definition) is 4. The van der Waals surface area contributed by atoms with Crippen molar-refractivity contribution >= 4 is 78.9 Å². The minimum absolute atomic E-state index is 0.0000413. The van der Waals surface area contributed by atoms with Gasteiger partial charge in [-0.25, -0.2) is 20.0 Å². The lowest BCUT2D eigenvalue weighted by atomic mass is 10.1. The van der Waals surface area contributed by atoms with Crippen LogP contribution in [0.5, 0.6) is 0 Å². The fourth-order valence-electron chi connectivity index (χ4n) is 6.81. The first-order chi connectivity index (χ1) is 30.8. The predicted octanol–water partition coefficient (Wildman–Crippen LogP) is 5.34. The molecule has 0 spiro atoms. The van der Waals surface area contributed by atoms with E-state index in [0.717, 1.165) is 11.1 Å². The van der Waals surface area contributed by atoms with Crippen LogP contribution in [0, 0.1) is 13.8 Å². The molecule has 0 atom stereocenters. The van der Waals surface area contributed by atoms with E-state index in [-0.39, 0.29) is 34.4 Å². The van der Waals surface area contributed by atoms with Crippen molar-refractivity contribution in [3.05, 3.63) is 120 Å². The lowest BCUT2D eigenvalue weighted by Crippen LogP contribution is -2.38. The molecule has 2 saturated heterocycles. The molecule has 0 radical (unpaired) electrons. The van der Waals surface area contributed by atoms with Gasteiger partial charge < -0.3 is 19.3 Å². The molecular formula is C42H44N12O8S2. The van der Waals surface area contributed by atoms with Crippen LogP contribution >= 0.6 is 0 Å². The van der Waals surface area contributed by atoms with Crippen LogP contribution in [0.1, 0.15) is 22.3 Å². The largest absolute Gasteiger partial charge is 0.378 e. The van der Waals surface area contributed by atoms with Crippen LogP contribution in [0.4, 0.5) is 46.5 Å². The molecule has 64 heavy (non-hydrogen) atoms. The summed E-state index contributed by atoms with van der Waals surface area (Å²) in [4.78, 5) is 29.7. The number of aromatic nitrogens is 6. The highest BCUT2D eigenvalue weighted by Crippen LogP contribution is 2.33. The number of hydrogen-bond acceptors (Lipinski definition) is 18. The summed E-state index contributed by atoms with van der Waals surface area (Å²) in [6, 6.07) is 23.4. The van der Waals surface area contributed by atoms with Crippen LogP contribution in [-0.4, -0.2) is 108 Å². The normalized spacial score (nSPS) is 14.7. The number of rotatable bonds is 14. The van der Waals surface area contributed by atoms with Gasteiger partial charge in [0.2, 0.25) is 11.9 Å². The maximum Gasteiger partial charge on any atom is 0.295 e. The third kappa shape index (κ3) is 10.5. The molecule has 8 rings (SSSR count). The van der Waals surface area contributed by atoms with Crippen LogP contribution in [0.25, 0.3) is 12.2 Å². The number of nitrogens with zero attached hydrogens (tertiary/aromatic N) is 10. The zero-order valence-electron chi connectivity index (χ0n) is 34.7. The lowest BCUT2D eigenvalue weighted by molar-refractivity contribution is 0.122. The summed E-state index contributed by atoms with van der Waals surface area (Å²) >= 11 is 0. The van der Waals surface area contributed by atoms with Gasteiger partial charge in [-0.05, 0) is 73.5 Å². The fourth-order valence-corrected chi connectivity index (χ4v) is 8.21. The highest BCUT2D eigenvalue weighted by molar-refractivity contribution is 7.86. The minimum Gasteiger partial charge on any atom is -0.378 e. The Morgan fingerprint density at radius 3 is 1.30 bits per heavy atom. The maximum atomic E-state index is 13.1. The minimum atomic E-state index is -4.90. The van der Waals surface area contributed by atoms with E-state index in [0.29, 0.717) is 75.9 Å². The molecule has 332 valence electrons. The maximum absolute atomic E-state index is 13.1. The van der Waals surface area contributed by atoms with E-state index in [2.05, 4.69) is 40.8 Å². The van der Waals surface area contributed by atoms with E-state index < -0.39 is 30.0 Å². The standard InChI is InChI=1S/C42H44N12O8S2/c1-29-3-11-33(12-4-29)49-53(41-45-27-43-39(47-41)51-17-21-61-22-18-51)35-15-9-31(37(25-35)63(55,56)57)7-8-32-10-16-36(26-38(32)64(58,59)60)54(50-34-13-5-30(2)6-14-34)42-46-28-44-40(48-42)52-19-23-62-24-20-52/h3-16,25-28,49-50H,17-24H2,1-2H3,(H,55,56,57)(H,58,59,60)/b8-7+. The monoisotopic (exact) mass is 908 g/mol. The molecule has 0 aliphatic carbocycles. The topological polar surface area (TPSA) is 242 Å². The quantitative estimate of drug-likeness (QED) is 0.0612. The van der Waals surface area contributed by atoms with Crippen molar-refractivity contribution in [3.8, 4) is 0 Å². The van der Waals surface area contributed by atoms with Crippen molar-refractivity contribution in [2.24, 2.45) is 0 Å². The second-order valence-corrected chi connectivity index (χ2v) is 17.5. The number of aryl methyl sites for hydroxylation is 2. The second kappa shape index (κ2) is 18.9. The molecule has 6 aromatic rings. The van der Waals surface area contributed by atoms with Gasteiger partial charge >= 0.3 is 0 Å². The highest BCUT2D eigenvalue weighted by atomic mass is 32.2. The molecule has 20 nitrogen and oxygen atoms in total. The van der Waals surface area contributed by atoms with Gasteiger partial charge in [0.05, 0.1) is 49.2 Å². The average Bonchev–Trinajstić information content (AvgIpc) is 3.30. The number of ether oxygens (including phenoxy) is 2. The molecule has 2 fully saturated rings. The summed E-state index contributed by atoms with van der Waals surface area (Å²) in [5.41, 5.74) is 10.2. The molecule has 4 aromatic carbocycles. The lowest BCUT2D eigenvalue weighted by Gasteiger charge is -2.29. The molecule has 4 N–H and O–H groups in total. The number of morpholine rings is 2. The second-order valence-electron chi connectivity index (χ2n) is 14.7. The van der Waals surface area contributed by atoms with Gasteiger partial charge in [-0.15, -0.1) is 0 Å². The van der Waals surface area contributed by atoms with E-state index in [4.69, 9.17) is 9.47 Å². The van der Waals surface area contributed by atoms with Crippen molar-refractivity contribution in [1.82, 2.24) is 29.9 Å². The third-order valence-corrected chi connectivity index (χ3v) is 12.0. The first kappa shape index (κ1) is 43.8. The van der Waals surface area contributed by atoms with Crippen molar-refractivity contribution in [2.45, 2.75) is 23.6 Å². The molecule has 0 unspecified atom stereocenters. The van der Waals surface area contributed by atoms with Crippen LogP contribution in [0.2, 0.25) is 0 Å². The Bertz CT molecular complexity index is 2670. The number of anilines is 8. The van der Waals surface area contributed by atoms with Crippen molar-refractivity contribution in [2.75, 3.05) is 83.3 Å². The Kier molecular flexibility index (Phi) is 12.9. The van der Waals surface area contributed by atoms with Gasteiger partial charge in [0.1, 0.15) is 22.4 Å². The Morgan fingerprint density at radius 1 is 0.562 bits per heavy atom. The van der Waals surface area contributed by atoms with Crippen LogP contribution < -0.4 is 30.7 Å². The number of hydrazine groups is 2. The van der Waals surface area contributed by atoms with E-state index in [1.165, 1.54) is 59.1 Å². The molecule has 0 amide bonds. The molecule has 22 heteroatoms. The Labute approximate surface area is 369 Å². The van der Waals surface area contributed by atoms with Crippen molar-refractivity contribution in [1.29, 1.82) is 0 Å². The molecule has 0 bridgehead atoms. The first-order valence-corrected chi connectivity index (χ1v) is 22.9. The van der Waals surface area contributed by atoms with Gasteiger partial charge in [-0.3, -0.25) is 20.0 Å². The molecule has 4 heterocycles. The number of benzene rings is 4. The van der Waals surface area contributed by atoms with Crippen molar-refractivity contribution in [3.63, 3.8) is 0 Å². The molecule has 0 saturated carbocycles. The first-order valence-electron chi connectivity index (χ1n) is 20.0. The highest BCUT2D eigenvalue weighted by Gasteiger charge is 2.25. The van der Waals surface area contributed by atoms with E-state index in [9.17, 15) is 25.9 Å². The van der Waals surface area contributed by atoms with Gasteiger partial charge in [0.15, 0.2) is 0 Å². The Morgan fingerprint density at radius 2 is 0.938 bits per heavy atom. The van der Waals surface area contributed by atoms with Gasteiger partial charge in [-0.1, -0.05) is 59.7 Å². The molecule has 2 aliphatic heterocycles. The molecule has 2 aromatic heterocycles. The smallest absolute Gasteiger partial charge is 0.295 e. The predicted molar refractivity (Wildman–Crippen MR) is 241 cm³/mol. The SMILES string of the molecule is Cc1ccc(NN(c2ccc(/C=C/c3ccc(N(Nc4ccc(C)cc4)c4ncnc(N5CCOCC5)n4)cc3S(=O)(=O)O)c(S(=O)(=O)O)c2)c2ncnc(N3CCOCC3)n2)cc1. The van der Waals surface area contributed by atoms with Gasteiger partial charge in [0.25, 0.3) is 32.1 Å². The summed E-state index contributed by atoms with van der Waals surface area (Å²) in [6.45, 7) is 8.10. The fraction of sp³-hybridized carbons (Fsp3) is 0.238. The van der Waals surface area contributed by atoms with Gasteiger partial charge in [0, 0.05) is 26.2 Å². The third-order valence-electron chi connectivity index (χ3n) is 10.2. The van der Waals surface area contributed by atoms with Gasteiger partial charge in [-0.2, -0.15) is 36.8 Å². The Hall–Kier alpha value is -6.82. The summed E-state index contributed by atoms with van der Waals surface area (Å²) in [5.74, 6) is 1.03. The van der Waals surface area contributed by atoms with Crippen LogP contribution in [0.3, 0.4) is 0 Å². The zero-order valence-corrected chi connectivity index (χ0v) is 36.3. The van der Waals surface area contributed by atoms with E-state index in [1.54, 1.807) is 12.1 Å². The summed E-state index contributed by atoms with van der Waals surface area (Å²) in [7, 11) is -9.81. The Balaban J connectivity index is 1.16. The summed E-state index contributed by atoms with van der Waals surface area (Å²) in [6.07, 6.45) is 5.33. The average molecular weight is 909 g/mol. The van der Waals surface area contributed by atoms with E-state index >= 15 is 0 Å². The van der Waals surface area contributed by atoms with E-state index in [1.807, 2.05) is 72.2 Å². The zero-order chi connectivity index (χ0) is 44.8. The summed E-state index contributed by atoms with van der Waals surface area (Å²) < 4.78 is 84.3. The molecule has 2 aliphatic rings. The number of nitrogens with one attached hydrogen (secondary N) is 2. The van der Waals surface area contributed by atoms with Crippen LogP contribution in [-0.2, 0) is 29.7 Å². The van der Waals surface area contributed by atoms with Crippen LogP contribution in [0.15, 0.2) is 107 Å².